The number of imidazole rings is 1. The van der Waals surface area contributed by atoms with Crippen molar-refractivity contribution in [1.29, 1.82) is 0 Å². The Labute approximate surface area is 146 Å². The SMILES string of the molecule is O=C(Nc1ccc(COc2ccc(-c3cnc[nH]3)cc2)cc1)C1CC1. The van der Waals surface area contributed by atoms with E-state index in [4.69, 9.17) is 4.74 Å². The van der Waals surface area contributed by atoms with Crippen molar-refractivity contribution in [3.05, 3.63) is 66.6 Å². The van der Waals surface area contributed by atoms with Gasteiger partial charge in [0.1, 0.15) is 12.4 Å². The van der Waals surface area contributed by atoms with Crippen molar-refractivity contribution in [1.82, 2.24) is 9.97 Å². The maximum atomic E-state index is 11.7. The minimum Gasteiger partial charge on any atom is -0.489 e. The van der Waals surface area contributed by atoms with Crippen LogP contribution >= 0.6 is 0 Å². The third-order valence-electron chi connectivity index (χ3n) is 4.24. The van der Waals surface area contributed by atoms with Gasteiger partial charge >= 0.3 is 0 Å². The standard InChI is InChI=1S/C20H19N3O2/c24-20(16-3-4-16)23-17-7-1-14(2-8-17)12-25-18-9-5-15(6-10-18)19-11-21-13-22-19/h1-2,5-11,13,16H,3-4,12H2,(H,21,22)(H,23,24). The lowest BCUT2D eigenvalue weighted by molar-refractivity contribution is -0.117. The Balaban J connectivity index is 1.32. The van der Waals surface area contributed by atoms with Gasteiger partial charge in [0.25, 0.3) is 0 Å². The largest absolute Gasteiger partial charge is 0.489 e. The van der Waals surface area contributed by atoms with E-state index in [1.807, 2.05) is 48.5 Å². The second kappa shape index (κ2) is 6.81. The quantitative estimate of drug-likeness (QED) is 0.716. The highest BCUT2D eigenvalue weighted by molar-refractivity contribution is 5.93. The molecule has 5 nitrogen and oxygen atoms in total. The number of anilines is 1. The zero-order valence-corrected chi connectivity index (χ0v) is 13.7. The van der Waals surface area contributed by atoms with Crippen LogP contribution in [-0.4, -0.2) is 15.9 Å². The van der Waals surface area contributed by atoms with Crippen LogP contribution in [0.25, 0.3) is 11.3 Å². The maximum Gasteiger partial charge on any atom is 0.227 e. The maximum absolute atomic E-state index is 11.7. The smallest absolute Gasteiger partial charge is 0.227 e. The summed E-state index contributed by atoms with van der Waals surface area (Å²) in [5.41, 5.74) is 3.95. The molecule has 0 radical (unpaired) electrons. The second-order valence-corrected chi connectivity index (χ2v) is 6.24. The van der Waals surface area contributed by atoms with Gasteiger partial charge in [0.15, 0.2) is 0 Å². The Morgan fingerprint density at radius 1 is 1.12 bits per heavy atom. The van der Waals surface area contributed by atoms with Gasteiger partial charge in [-0.2, -0.15) is 0 Å². The molecule has 3 aromatic rings. The first-order valence-corrected chi connectivity index (χ1v) is 8.39. The molecular formula is C20H19N3O2. The fraction of sp³-hybridized carbons (Fsp3) is 0.200. The van der Waals surface area contributed by atoms with Crippen LogP contribution in [0.5, 0.6) is 5.75 Å². The molecular weight excluding hydrogens is 314 g/mol. The van der Waals surface area contributed by atoms with Crippen LogP contribution in [0, 0.1) is 5.92 Å². The van der Waals surface area contributed by atoms with E-state index in [1.54, 1.807) is 12.5 Å². The summed E-state index contributed by atoms with van der Waals surface area (Å²) >= 11 is 0. The van der Waals surface area contributed by atoms with Gasteiger partial charge in [-0.1, -0.05) is 12.1 Å². The lowest BCUT2D eigenvalue weighted by Crippen LogP contribution is -2.13. The minimum atomic E-state index is 0.126. The lowest BCUT2D eigenvalue weighted by atomic mass is 10.1. The first-order chi connectivity index (χ1) is 12.3. The molecule has 0 spiro atoms. The number of amides is 1. The van der Waals surface area contributed by atoms with Gasteiger partial charge in [-0.05, 0) is 60.4 Å². The highest BCUT2D eigenvalue weighted by atomic mass is 16.5. The van der Waals surface area contributed by atoms with E-state index >= 15 is 0 Å². The predicted octanol–water partition coefficient (Wildman–Crippen LogP) is 4.00. The Hall–Kier alpha value is -3.08. The normalized spacial score (nSPS) is 13.4. The number of hydrogen-bond acceptors (Lipinski definition) is 3. The molecule has 126 valence electrons. The number of ether oxygens (including phenoxy) is 1. The minimum absolute atomic E-state index is 0.126. The molecule has 5 heteroatoms. The van der Waals surface area contributed by atoms with Crippen molar-refractivity contribution in [2.45, 2.75) is 19.4 Å². The van der Waals surface area contributed by atoms with Crippen molar-refractivity contribution in [2.24, 2.45) is 5.92 Å². The van der Waals surface area contributed by atoms with E-state index in [9.17, 15) is 4.79 Å². The molecule has 2 N–H and O–H groups in total. The van der Waals surface area contributed by atoms with Crippen LogP contribution < -0.4 is 10.1 Å². The van der Waals surface area contributed by atoms with Gasteiger partial charge in [0, 0.05) is 11.6 Å². The average Bonchev–Trinajstić information content (AvgIpc) is 3.36. The molecule has 1 aromatic heterocycles. The molecule has 0 unspecified atom stereocenters. The number of aromatic nitrogens is 2. The summed E-state index contributed by atoms with van der Waals surface area (Å²) in [6.45, 7) is 0.486. The van der Waals surface area contributed by atoms with Crippen molar-refractivity contribution in [3.63, 3.8) is 0 Å². The Morgan fingerprint density at radius 3 is 2.52 bits per heavy atom. The molecule has 1 fully saturated rings. The Kier molecular flexibility index (Phi) is 4.21. The zero-order valence-electron chi connectivity index (χ0n) is 13.7. The van der Waals surface area contributed by atoms with Crippen molar-refractivity contribution in [2.75, 3.05) is 5.32 Å². The first-order valence-electron chi connectivity index (χ1n) is 8.39. The third-order valence-corrected chi connectivity index (χ3v) is 4.24. The number of rotatable bonds is 6. The number of nitrogens with zero attached hydrogens (tertiary/aromatic N) is 1. The molecule has 1 amide bonds. The van der Waals surface area contributed by atoms with Crippen LogP contribution in [-0.2, 0) is 11.4 Å². The highest BCUT2D eigenvalue weighted by Crippen LogP contribution is 2.30. The van der Waals surface area contributed by atoms with Gasteiger partial charge in [-0.3, -0.25) is 4.79 Å². The van der Waals surface area contributed by atoms with Gasteiger partial charge in [-0.25, -0.2) is 4.98 Å². The molecule has 1 aliphatic carbocycles. The molecule has 0 aliphatic heterocycles. The molecule has 4 rings (SSSR count). The van der Waals surface area contributed by atoms with Crippen LogP contribution in [0.3, 0.4) is 0 Å². The number of H-pyrrole nitrogens is 1. The number of carbonyl (C=O) groups excluding carboxylic acids is 1. The summed E-state index contributed by atoms with van der Waals surface area (Å²) in [4.78, 5) is 18.8. The van der Waals surface area contributed by atoms with E-state index in [0.717, 1.165) is 41.1 Å². The van der Waals surface area contributed by atoms with E-state index in [2.05, 4.69) is 15.3 Å². The monoisotopic (exact) mass is 333 g/mol. The van der Waals surface area contributed by atoms with Crippen LogP contribution in [0.15, 0.2) is 61.1 Å². The Bertz CT molecular complexity index is 836. The molecule has 0 atom stereocenters. The van der Waals surface area contributed by atoms with Crippen LogP contribution in [0.4, 0.5) is 5.69 Å². The summed E-state index contributed by atoms with van der Waals surface area (Å²) < 4.78 is 5.82. The zero-order chi connectivity index (χ0) is 17.1. The van der Waals surface area contributed by atoms with Crippen molar-refractivity contribution in [3.8, 4) is 17.0 Å². The summed E-state index contributed by atoms with van der Waals surface area (Å²) in [6, 6.07) is 15.7. The number of hydrogen-bond donors (Lipinski definition) is 2. The Morgan fingerprint density at radius 2 is 1.88 bits per heavy atom. The molecule has 2 aromatic carbocycles. The first kappa shape index (κ1) is 15.4. The summed E-state index contributed by atoms with van der Waals surface area (Å²) in [7, 11) is 0. The van der Waals surface area contributed by atoms with E-state index in [1.165, 1.54) is 0 Å². The number of carbonyl (C=O) groups is 1. The second-order valence-electron chi connectivity index (χ2n) is 6.24. The number of nitrogens with one attached hydrogen (secondary N) is 2. The van der Waals surface area contributed by atoms with Crippen LogP contribution in [0.2, 0.25) is 0 Å². The summed E-state index contributed by atoms with van der Waals surface area (Å²) in [5.74, 6) is 1.16. The highest BCUT2D eigenvalue weighted by Gasteiger charge is 2.29. The molecule has 25 heavy (non-hydrogen) atoms. The number of benzene rings is 2. The molecule has 1 saturated carbocycles. The van der Waals surface area contributed by atoms with Crippen molar-refractivity contribution >= 4 is 11.6 Å². The van der Waals surface area contributed by atoms with Gasteiger partial charge in [-0.15, -0.1) is 0 Å². The fourth-order valence-corrected chi connectivity index (χ4v) is 2.59. The molecule has 1 aliphatic rings. The van der Waals surface area contributed by atoms with E-state index < -0.39 is 0 Å². The van der Waals surface area contributed by atoms with E-state index in [0.29, 0.717) is 6.61 Å². The predicted molar refractivity (Wildman–Crippen MR) is 96.2 cm³/mol. The third kappa shape index (κ3) is 3.88. The molecule has 0 saturated heterocycles. The summed E-state index contributed by atoms with van der Waals surface area (Å²) in [5, 5.41) is 2.94. The lowest BCUT2D eigenvalue weighted by Gasteiger charge is -2.08. The molecule has 0 bridgehead atoms. The van der Waals surface area contributed by atoms with E-state index in [-0.39, 0.29) is 11.8 Å². The van der Waals surface area contributed by atoms with Gasteiger partial charge < -0.3 is 15.0 Å². The average molecular weight is 333 g/mol. The topological polar surface area (TPSA) is 67.0 Å². The summed E-state index contributed by atoms with van der Waals surface area (Å²) in [6.07, 6.45) is 5.48. The van der Waals surface area contributed by atoms with Crippen molar-refractivity contribution < 1.29 is 9.53 Å². The van der Waals surface area contributed by atoms with Gasteiger partial charge in [0.2, 0.25) is 5.91 Å². The fourth-order valence-electron chi connectivity index (χ4n) is 2.59. The number of aromatic amines is 1. The van der Waals surface area contributed by atoms with Crippen LogP contribution in [0.1, 0.15) is 18.4 Å². The van der Waals surface area contributed by atoms with Gasteiger partial charge in [0.05, 0.1) is 18.2 Å². The molecule has 1 heterocycles.